The quantitative estimate of drug-likeness (QED) is 0.923. The van der Waals surface area contributed by atoms with Crippen LogP contribution >= 0.6 is 11.6 Å². The fraction of sp³-hybridized carbons (Fsp3) is 0.333. The molecule has 0 spiro atoms. The van der Waals surface area contributed by atoms with Crippen molar-refractivity contribution in [3.63, 3.8) is 0 Å². The highest BCUT2D eigenvalue weighted by molar-refractivity contribution is 6.31. The van der Waals surface area contributed by atoms with Crippen LogP contribution in [0.2, 0.25) is 5.02 Å². The Morgan fingerprint density at radius 2 is 2.00 bits per heavy atom. The van der Waals surface area contributed by atoms with E-state index in [1.807, 2.05) is 30.3 Å². The Morgan fingerprint density at radius 3 is 2.70 bits per heavy atom. The molecule has 0 atom stereocenters. The molecule has 0 unspecified atom stereocenters. The molecule has 5 heteroatoms. The molecule has 1 aliphatic heterocycles. The highest BCUT2D eigenvalue weighted by atomic mass is 35.5. The van der Waals surface area contributed by atoms with Crippen molar-refractivity contribution in [2.75, 3.05) is 18.0 Å². The summed E-state index contributed by atoms with van der Waals surface area (Å²) in [4.78, 5) is 17.7. The Kier molecular flexibility index (Phi) is 3.49. The summed E-state index contributed by atoms with van der Waals surface area (Å²) in [5.41, 5.74) is 0.909. The molecule has 2 aromatic rings. The van der Waals surface area contributed by atoms with Crippen LogP contribution in [0, 0.1) is 5.92 Å². The minimum absolute atomic E-state index is 0.217. The van der Waals surface area contributed by atoms with Crippen molar-refractivity contribution in [3.8, 4) is 0 Å². The van der Waals surface area contributed by atoms with Crippen LogP contribution in [0.1, 0.15) is 12.8 Å². The van der Waals surface area contributed by atoms with E-state index < -0.39 is 5.97 Å². The number of benzene rings is 1. The molecule has 0 aliphatic carbocycles. The second-order valence-electron chi connectivity index (χ2n) is 5.11. The van der Waals surface area contributed by atoms with E-state index in [-0.39, 0.29) is 5.92 Å². The molecule has 2 heterocycles. The fourth-order valence-corrected chi connectivity index (χ4v) is 2.80. The first kappa shape index (κ1) is 13.2. The number of aliphatic carboxylic acids is 1. The van der Waals surface area contributed by atoms with Crippen LogP contribution in [0.5, 0.6) is 0 Å². The zero-order valence-electron chi connectivity index (χ0n) is 10.9. The first-order valence-electron chi connectivity index (χ1n) is 6.67. The molecule has 1 aliphatic rings. The summed E-state index contributed by atoms with van der Waals surface area (Å²) < 4.78 is 0. The number of anilines is 1. The molecule has 0 bridgehead atoms. The molecule has 1 N–H and O–H groups in total. The van der Waals surface area contributed by atoms with Gasteiger partial charge in [-0.1, -0.05) is 11.6 Å². The number of pyridine rings is 1. The van der Waals surface area contributed by atoms with Crippen LogP contribution in [0.25, 0.3) is 10.9 Å². The van der Waals surface area contributed by atoms with E-state index in [2.05, 4.69) is 9.88 Å². The monoisotopic (exact) mass is 290 g/mol. The Balaban J connectivity index is 1.81. The number of carbonyl (C=O) groups is 1. The van der Waals surface area contributed by atoms with Gasteiger partial charge in [-0.2, -0.15) is 0 Å². The predicted octanol–water partition coefficient (Wildman–Crippen LogP) is 3.19. The summed E-state index contributed by atoms with van der Waals surface area (Å²) in [7, 11) is 0. The van der Waals surface area contributed by atoms with Crippen molar-refractivity contribution in [3.05, 3.63) is 35.4 Å². The second-order valence-corrected chi connectivity index (χ2v) is 5.54. The Labute approximate surface area is 122 Å². The molecule has 104 valence electrons. The van der Waals surface area contributed by atoms with Crippen molar-refractivity contribution in [2.24, 2.45) is 5.92 Å². The van der Waals surface area contributed by atoms with Crippen LogP contribution < -0.4 is 4.90 Å². The van der Waals surface area contributed by atoms with Crippen LogP contribution in [-0.2, 0) is 4.79 Å². The van der Waals surface area contributed by atoms with Gasteiger partial charge in [-0.15, -0.1) is 0 Å². The van der Waals surface area contributed by atoms with Crippen LogP contribution in [0.3, 0.4) is 0 Å². The SMILES string of the molecule is O=C(O)C1CCN(c2ccc3cc(Cl)ccc3n2)CC1. The summed E-state index contributed by atoms with van der Waals surface area (Å²) in [6, 6.07) is 9.61. The maximum absolute atomic E-state index is 11.0. The molecule has 1 aromatic carbocycles. The number of aromatic nitrogens is 1. The number of hydrogen-bond acceptors (Lipinski definition) is 3. The molecule has 0 amide bonds. The summed E-state index contributed by atoms with van der Waals surface area (Å²) in [5, 5.41) is 10.7. The number of nitrogens with zero attached hydrogens (tertiary/aromatic N) is 2. The topological polar surface area (TPSA) is 53.4 Å². The minimum atomic E-state index is -0.689. The third-order valence-electron chi connectivity index (χ3n) is 3.80. The molecule has 0 radical (unpaired) electrons. The van der Waals surface area contributed by atoms with Gasteiger partial charge in [0.1, 0.15) is 5.82 Å². The number of piperidine rings is 1. The third kappa shape index (κ3) is 2.56. The van der Waals surface area contributed by atoms with Gasteiger partial charge in [0.05, 0.1) is 11.4 Å². The lowest BCUT2D eigenvalue weighted by atomic mass is 9.97. The Morgan fingerprint density at radius 1 is 1.25 bits per heavy atom. The van der Waals surface area contributed by atoms with E-state index in [1.165, 1.54) is 0 Å². The Bertz CT molecular complexity index is 651. The van der Waals surface area contributed by atoms with Crippen LogP contribution in [0.15, 0.2) is 30.3 Å². The van der Waals surface area contributed by atoms with Crippen molar-refractivity contribution >= 4 is 34.3 Å². The number of hydrogen-bond donors (Lipinski definition) is 1. The zero-order valence-corrected chi connectivity index (χ0v) is 11.7. The molecule has 1 saturated heterocycles. The van der Waals surface area contributed by atoms with E-state index in [0.717, 1.165) is 29.8 Å². The smallest absolute Gasteiger partial charge is 0.306 e. The van der Waals surface area contributed by atoms with Crippen molar-refractivity contribution in [2.45, 2.75) is 12.8 Å². The summed E-state index contributed by atoms with van der Waals surface area (Å²) in [6.07, 6.45) is 1.35. The lowest BCUT2D eigenvalue weighted by Gasteiger charge is -2.31. The van der Waals surface area contributed by atoms with E-state index in [0.29, 0.717) is 17.9 Å². The molecule has 1 fully saturated rings. The van der Waals surface area contributed by atoms with Gasteiger partial charge < -0.3 is 10.0 Å². The lowest BCUT2D eigenvalue weighted by molar-refractivity contribution is -0.142. The largest absolute Gasteiger partial charge is 0.481 e. The highest BCUT2D eigenvalue weighted by Gasteiger charge is 2.25. The number of carboxylic acid groups (broad SMARTS) is 1. The first-order valence-corrected chi connectivity index (χ1v) is 7.05. The van der Waals surface area contributed by atoms with Gasteiger partial charge in [-0.3, -0.25) is 4.79 Å². The molecule has 3 rings (SSSR count). The molecule has 20 heavy (non-hydrogen) atoms. The molecule has 0 saturated carbocycles. The maximum atomic E-state index is 11.0. The van der Waals surface area contributed by atoms with E-state index in [1.54, 1.807) is 0 Å². The number of rotatable bonds is 2. The van der Waals surface area contributed by atoms with Crippen molar-refractivity contribution in [1.82, 2.24) is 4.98 Å². The summed E-state index contributed by atoms with van der Waals surface area (Å²) in [6.45, 7) is 1.48. The number of fused-ring (bicyclic) bond motifs is 1. The van der Waals surface area contributed by atoms with Crippen LogP contribution in [0.4, 0.5) is 5.82 Å². The highest BCUT2D eigenvalue weighted by Crippen LogP contribution is 2.25. The van der Waals surface area contributed by atoms with E-state index in [4.69, 9.17) is 16.7 Å². The van der Waals surface area contributed by atoms with Gasteiger partial charge >= 0.3 is 5.97 Å². The second kappa shape index (κ2) is 5.29. The number of halogens is 1. The first-order chi connectivity index (χ1) is 9.63. The van der Waals surface area contributed by atoms with E-state index in [9.17, 15) is 4.79 Å². The predicted molar refractivity (Wildman–Crippen MR) is 79.3 cm³/mol. The lowest BCUT2D eigenvalue weighted by Crippen LogP contribution is -2.36. The zero-order chi connectivity index (χ0) is 14.1. The minimum Gasteiger partial charge on any atom is -0.481 e. The van der Waals surface area contributed by atoms with Gasteiger partial charge in [0.25, 0.3) is 0 Å². The van der Waals surface area contributed by atoms with Gasteiger partial charge in [-0.25, -0.2) is 4.98 Å². The van der Waals surface area contributed by atoms with Crippen molar-refractivity contribution in [1.29, 1.82) is 0 Å². The average Bonchev–Trinajstić information content (AvgIpc) is 2.47. The summed E-state index contributed by atoms with van der Waals surface area (Å²) in [5.74, 6) is -0.0000585. The maximum Gasteiger partial charge on any atom is 0.306 e. The average molecular weight is 291 g/mol. The molecule has 4 nitrogen and oxygen atoms in total. The van der Waals surface area contributed by atoms with E-state index >= 15 is 0 Å². The molecular formula is C15H15ClN2O2. The molecular weight excluding hydrogens is 276 g/mol. The van der Waals surface area contributed by atoms with Gasteiger partial charge in [0.15, 0.2) is 0 Å². The van der Waals surface area contributed by atoms with Crippen molar-refractivity contribution < 1.29 is 9.90 Å². The van der Waals surface area contributed by atoms with Gasteiger partial charge in [0.2, 0.25) is 0 Å². The summed E-state index contributed by atoms with van der Waals surface area (Å²) >= 11 is 5.96. The standard InChI is InChI=1S/C15H15ClN2O2/c16-12-2-3-13-11(9-12)1-4-14(17-13)18-7-5-10(6-8-18)15(19)20/h1-4,9-10H,5-8H2,(H,19,20). The van der Waals surface area contributed by atoms with Gasteiger partial charge in [0, 0.05) is 23.5 Å². The Hall–Kier alpha value is -1.81. The number of carboxylic acids is 1. The third-order valence-corrected chi connectivity index (χ3v) is 4.04. The van der Waals surface area contributed by atoms with Crippen LogP contribution in [-0.4, -0.2) is 29.1 Å². The fourth-order valence-electron chi connectivity index (χ4n) is 2.62. The van der Waals surface area contributed by atoms with Gasteiger partial charge in [-0.05, 0) is 43.2 Å². The molecule has 1 aromatic heterocycles. The normalized spacial score (nSPS) is 16.6.